The molecular weight excluding hydrogens is 325 g/mol. The highest BCUT2D eigenvalue weighted by Crippen LogP contribution is 2.38. The number of carboxylic acids is 1. The Hall–Kier alpha value is -2.45. The maximum absolute atomic E-state index is 10.6. The van der Waals surface area contributed by atoms with E-state index in [1.807, 2.05) is 0 Å². The van der Waals surface area contributed by atoms with Crippen molar-refractivity contribution in [2.24, 2.45) is 0 Å². The number of aromatic carboxylic acids is 1. The van der Waals surface area contributed by atoms with E-state index in [1.165, 1.54) is 0 Å². The van der Waals surface area contributed by atoms with Crippen molar-refractivity contribution in [1.29, 1.82) is 0 Å². The number of carbonyl (C=O) groups is 1. The molecule has 0 bridgehead atoms. The van der Waals surface area contributed by atoms with Crippen LogP contribution < -0.4 is 4.74 Å². The highest BCUT2D eigenvalue weighted by atomic mass is 35.5. The minimum Gasteiger partial charge on any atom is -0.476 e. The van der Waals surface area contributed by atoms with E-state index >= 15 is 0 Å². The molecule has 10 heteroatoms. The van der Waals surface area contributed by atoms with Crippen LogP contribution in [0.1, 0.15) is 10.5 Å². The molecule has 0 spiro atoms. The predicted octanol–water partition coefficient (Wildman–Crippen LogP) is 3.18. The van der Waals surface area contributed by atoms with Gasteiger partial charge in [0.2, 0.25) is 5.88 Å². The third kappa shape index (κ3) is 3.36. The molecule has 2 rings (SSSR count). The molecule has 2 aromatic rings. The zero-order valence-corrected chi connectivity index (χ0v) is 11.5. The van der Waals surface area contributed by atoms with Crippen LogP contribution in [0.4, 0.5) is 5.69 Å². The van der Waals surface area contributed by atoms with Crippen molar-refractivity contribution < 1.29 is 19.6 Å². The summed E-state index contributed by atoms with van der Waals surface area (Å²) in [5, 5.41) is 19.2. The second-order valence-electron chi connectivity index (χ2n) is 3.64. The molecule has 1 N–H and O–H groups in total. The van der Waals surface area contributed by atoms with Gasteiger partial charge >= 0.3 is 5.97 Å². The number of halogens is 2. The van der Waals surface area contributed by atoms with Gasteiger partial charge in [0.15, 0.2) is 11.4 Å². The topological polar surface area (TPSA) is 115 Å². The van der Waals surface area contributed by atoms with Gasteiger partial charge in [-0.2, -0.15) is 0 Å². The lowest BCUT2D eigenvalue weighted by Gasteiger charge is -2.08. The summed E-state index contributed by atoms with van der Waals surface area (Å²) in [7, 11) is 0. The number of hydrogen-bond donors (Lipinski definition) is 1. The lowest BCUT2D eigenvalue weighted by atomic mass is 10.3. The standard InChI is InChI=1S/C11H5Cl2N3O5/c12-6-1-5(16(19)20)2-7(13)10(6)21-9-4-14-8(3-15-9)11(17)18/h1-4H,(H,17,18). The Morgan fingerprint density at radius 1 is 1.24 bits per heavy atom. The van der Waals surface area contributed by atoms with Crippen LogP contribution in [0.2, 0.25) is 10.0 Å². The number of nitro groups is 1. The van der Waals surface area contributed by atoms with E-state index in [4.69, 9.17) is 33.0 Å². The fourth-order valence-corrected chi connectivity index (χ4v) is 1.89. The van der Waals surface area contributed by atoms with E-state index in [-0.39, 0.29) is 33.1 Å². The van der Waals surface area contributed by atoms with Crippen LogP contribution in [0.15, 0.2) is 24.5 Å². The Labute approximate surface area is 127 Å². The maximum atomic E-state index is 10.6. The summed E-state index contributed by atoms with van der Waals surface area (Å²) in [6.07, 6.45) is 2.06. The summed E-state index contributed by atoms with van der Waals surface area (Å²) in [5.41, 5.74) is -0.548. The molecule has 0 saturated heterocycles. The fourth-order valence-electron chi connectivity index (χ4n) is 1.33. The highest BCUT2D eigenvalue weighted by Gasteiger charge is 2.17. The number of ether oxygens (including phenoxy) is 1. The van der Waals surface area contributed by atoms with Gasteiger partial charge in [-0.15, -0.1) is 0 Å². The van der Waals surface area contributed by atoms with E-state index in [1.54, 1.807) is 0 Å². The molecule has 0 amide bonds. The monoisotopic (exact) mass is 329 g/mol. The number of nitrogens with zero attached hydrogens (tertiary/aromatic N) is 3. The minimum atomic E-state index is -1.24. The Bertz CT molecular complexity index is 697. The van der Waals surface area contributed by atoms with Gasteiger partial charge in [0.25, 0.3) is 5.69 Å². The number of nitro benzene ring substituents is 1. The predicted molar refractivity (Wildman–Crippen MR) is 72.2 cm³/mol. The molecule has 0 aliphatic rings. The quantitative estimate of drug-likeness (QED) is 0.676. The first-order chi connectivity index (χ1) is 9.88. The number of rotatable bonds is 4. The van der Waals surface area contributed by atoms with Crippen LogP contribution in [0, 0.1) is 10.1 Å². The molecule has 0 saturated carbocycles. The van der Waals surface area contributed by atoms with Crippen molar-refractivity contribution in [2.45, 2.75) is 0 Å². The number of hydrogen-bond acceptors (Lipinski definition) is 6. The lowest BCUT2D eigenvalue weighted by Crippen LogP contribution is -2.01. The summed E-state index contributed by atoms with van der Waals surface area (Å²) in [6, 6.07) is 2.14. The zero-order valence-electron chi connectivity index (χ0n) is 9.99. The molecule has 0 atom stereocenters. The summed E-state index contributed by atoms with van der Waals surface area (Å²) >= 11 is 11.7. The van der Waals surface area contributed by atoms with Crippen LogP contribution in [0.5, 0.6) is 11.6 Å². The van der Waals surface area contributed by atoms with Crippen molar-refractivity contribution in [3.63, 3.8) is 0 Å². The summed E-state index contributed by atoms with van der Waals surface area (Å²) in [5.74, 6) is -1.33. The average Bonchev–Trinajstić information content (AvgIpc) is 2.43. The number of non-ortho nitro benzene ring substituents is 1. The molecule has 0 fully saturated rings. The Morgan fingerprint density at radius 3 is 2.29 bits per heavy atom. The molecule has 1 aromatic heterocycles. The van der Waals surface area contributed by atoms with Crippen LogP contribution >= 0.6 is 23.2 Å². The van der Waals surface area contributed by atoms with Gasteiger partial charge in [0.05, 0.1) is 27.4 Å². The summed E-state index contributed by atoms with van der Waals surface area (Å²) in [4.78, 5) is 27.9. The first-order valence-corrected chi connectivity index (χ1v) is 6.00. The van der Waals surface area contributed by atoms with E-state index < -0.39 is 10.9 Å². The normalized spacial score (nSPS) is 10.2. The highest BCUT2D eigenvalue weighted by molar-refractivity contribution is 6.37. The lowest BCUT2D eigenvalue weighted by molar-refractivity contribution is -0.384. The first-order valence-electron chi connectivity index (χ1n) is 5.25. The molecule has 0 aliphatic heterocycles. The second kappa shape index (κ2) is 5.90. The van der Waals surface area contributed by atoms with E-state index in [9.17, 15) is 14.9 Å². The van der Waals surface area contributed by atoms with Gasteiger partial charge < -0.3 is 9.84 Å². The summed E-state index contributed by atoms with van der Waals surface area (Å²) < 4.78 is 5.26. The maximum Gasteiger partial charge on any atom is 0.356 e. The molecule has 1 aromatic carbocycles. The van der Waals surface area contributed by atoms with Gasteiger partial charge in [0, 0.05) is 12.1 Å². The van der Waals surface area contributed by atoms with Gasteiger partial charge in [-0.25, -0.2) is 14.8 Å². The molecule has 0 unspecified atom stereocenters. The van der Waals surface area contributed by atoms with E-state index in [2.05, 4.69) is 9.97 Å². The summed E-state index contributed by atoms with van der Waals surface area (Å²) in [6.45, 7) is 0. The third-order valence-electron chi connectivity index (χ3n) is 2.25. The van der Waals surface area contributed by atoms with Crippen LogP contribution in [-0.4, -0.2) is 26.0 Å². The van der Waals surface area contributed by atoms with Crippen molar-refractivity contribution in [1.82, 2.24) is 9.97 Å². The second-order valence-corrected chi connectivity index (χ2v) is 4.46. The Kier molecular flexibility index (Phi) is 4.20. The largest absolute Gasteiger partial charge is 0.476 e. The van der Waals surface area contributed by atoms with Gasteiger partial charge in [-0.3, -0.25) is 10.1 Å². The number of benzene rings is 1. The van der Waals surface area contributed by atoms with Crippen molar-refractivity contribution in [3.8, 4) is 11.6 Å². The molecule has 21 heavy (non-hydrogen) atoms. The van der Waals surface area contributed by atoms with Crippen LogP contribution in [0.3, 0.4) is 0 Å². The fraction of sp³-hybridized carbons (Fsp3) is 0. The van der Waals surface area contributed by atoms with Crippen molar-refractivity contribution >= 4 is 34.9 Å². The molecule has 108 valence electrons. The van der Waals surface area contributed by atoms with Crippen LogP contribution in [0.25, 0.3) is 0 Å². The van der Waals surface area contributed by atoms with E-state index in [0.29, 0.717) is 0 Å². The first kappa shape index (κ1) is 14.9. The number of carboxylic acid groups (broad SMARTS) is 1. The Balaban J connectivity index is 2.31. The van der Waals surface area contributed by atoms with Gasteiger partial charge in [-0.1, -0.05) is 23.2 Å². The average molecular weight is 330 g/mol. The van der Waals surface area contributed by atoms with Crippen molar-refractivity contribution in [3.05, 3.63) is 50.4 Å². The van der Waals surface area contributed by atoms with Gasteiger partial charge in [-0.05, 0) is 0 Å². The molecular formula is C11H5Cl2N3O5. The third-order valence-corrected chi connectivity index (χ3v) is 2.81. The zero-order chi connectivity index (χ0) is 15.6. The molecule has 0 aliphatic carbocycles. The Morgan fingerprint density at radius 2 is 1.86 bits per heavy atom. The van der Waals surface area contributed by atoms with E-state index in [0.717, 1.165) is 24.5 Å². The molecule has 8 nitrogen and oxygen atoms in total. The van der Waals surface area contributed by atoms with Crippen LogP contribution in [-0.2, 0) is 0 Å². The minimum absolute atomic E-state index is 0.0405. The SMILES string of the molecule is O=C(O)c1cnc(Oc2c(Cl)cc([N+](=O)[O-])cc2Cl)cn1. The molecule has 0 radical (unpaired) electrons. The number of aromatic nitrogens is 2. The smallest absolute Gasteiger partial charge is 0.356 e. The van der Waals surface area contributed by atoms with Crippen molar-refractivity contribution in [2.75, 3.05) is 0 Å². The van der Waals surface area contributed by atoms with Gasteiger partial charge in [0.1, 0.15) is 0 Å². The molecule has 1 heterocycles.